The van der Waals surface area contributed by atoms with Crippen LogP contribution in [0.1, 0.15) is 18.4 Å². The van der Waals surface area contributed by atoms with Crippen molar-refractivity contribution in [2.45, 2.75) is 25.6 Å². The molecule has 8 heteroatoms. The van der Waals surface area contributed by atoms with Crippen molar-refractivity contribution in [1.29, 1.82) is 0 Å². The van der Waals surface area contributed by atoms with Crippen molar-refractivity contribution in [2.75, 3.05) is 45.4 Å². The first-order chi connectivity index (χ1) is 15.1. The van der Waals surface area contributed by atoms with Gasteiger partial charge in [-0.05, 0) is 24.6 Å². The highest BCUT2D eigenvalue weighted by Crippen LogP contribution is 2.37. The van der Waals surface area contributed by atoms with Crippen LogP contribution < -0.4 is 14.4 Å². The Kier molecular flexibility index (Phi) is 5.11. The number of aryl methyl sites for hydroxylation is 1. The second-order valence-electron chi connectivity index (χ2n) is 7.94. The summed E-state index contributed by atoms with van der Waals surface area (Å²) in [5.74, 6) is 1.90. The summed E-state index contributed by atoms with van der Waals surface area (Å²) in [7, 11) is 3.24. The number of hydrogen-bond donors (Lipinski definition) is 0. The zero-order valence-corrected chi connectivity index (χ0v) is 18.1. The van der Waals surface area contributed by atoms with E-state index in [9.17, 15) is 0 Å². The average molecular weight is 422 g/mol. The van der Waals surface area contributed by atoms with E-state index in [2.05, 4.69) is 28.1 Å². The van der Waals surface area contributed by atoms with Crippen molar-refractivity contribution in [2.24, 2.45) is 0 Å². The number of pyridine rings is 1. The molecule has 0 N–H and O–H groups in total. The van der Waals surface area contributed by atoms with Crippen LogP contribution in [-0.2, 0) is 9.47 Å². The Balaban J connectivity index is 1.46. The van der Waals surface area contributed by atoms with Gasteiger partial charge in [-0.2, -0.15) is 10.2 Å². The van der Waals surface area contributed by atoms with Crippen molar-refractivity contribution in [1.82, 2.24) is 15.2 Å². The highest BCUT2D eigenvalue weighted by atomic mass is 16.7. The van der Waals surface area contributed by atoms with E-state index in [-0.39, 0.29) is 5.79 Å². The number of benzene rings is 1. The molecule has 0 saturated carbocycles. The van der Waals surface area contributed by atoms with Gasteiger partial charge >= 0.3 is 0 Å². The van der Waals surface area contributed by atoms with Crippen molar-refractivity contribution in [3.8, 4) is 22.6 Å². The molecule has 2 aliphatic heterocycles. The summed E-state index contributed by atoms with van der Waals surface area (Å²) in [6.07, 6.45) is 5.39. The third kappa shape index (κ3) is 3.55. The SMILES string of the molecule is COc1cc2nncc(-c3cnc(N4CCC5(CC4)OCCO5)c(C)c3)c2cc1OC. The molecule has 31 heavy (non-hydrogen) atoms. The highest BCUT2D eigenvalue weighted by molar-refractivity contribution is 5.95. The largest absolute Gasteiger partial charge is 0.493 e. The van der Waals surface area contributed by atoms with Gasteiger partial charge < -0.3 is 23.8 Å². The predicted octanol–water partition coefficient (Wildman–Crippen LogP) is 3.36. The van der Waals surface area contributed by atoms with E-state index >= 15 is 0 Å². The molecule has 2 fully saturated rings. The molecule has 0 aliphatic carbocycles. The number of rotatable bonds is 4. The van der Waals surface area contributed by atoms with Gasteiger partial charge in [0.15, 0.2) is 17.3 Å². The lowest BCUT2D eigenvalue weighted by Gasteiger charge is -2.38. The second kappa shape index (κ2) is 7.94. The third-order valence-corrected chi connectivity index (χ3v) is 6.14. The average Bonchev–Trinajstić information content (AvgIpc) is 3.26. The fourth-order valence-electron chi connectivity index (χ4n) is 4.51. The fourth-order valence-corrected chi connectivity index (χ4v) is 4.51. The van der Waals surface area contributed by atoms with Crippen molar-refractivity contribution in [3.05, 3.63) is 36.2 Å². The summed E-state index contributed by atoms with van der Waals surface area (Å²) in [5, 5.41) is 9.39. The molecule has 162 valence electrons. The van der Waals surface area contributed by atoms with E-state index in [1.165, 1.54) is 0 Å². The molecule has 1 spiro atoms. The zero-order valence-electron chi connectivity index (χ0n) is 18.1. The zero-order chi connectivity index (χ0) is 21.4. The molecule has 0 bridgehead atoms. The maximum Gasteiger partial charge on any atom is 0.171 e. The predicted molar refractivity (Wildman–Crippen MR) is 117 cm³/mol. The maximum atomic E-state index is 5.85. The molecular formula is C23H26N4O4. The first-order valence-electron chi connectivity index (χ1n) is 10.5. The van der Waals surface area contributed by atoms with Gasteiger partial charge in [0.2, 0.25) is 0 Å². The van der Waals surface area contributed by atoms with Crippen LogP contribution in [0.4, 0.5) is 5.82 Å². The van der Waals surface area contributed by atoms with Gasteiger partial charge in [0.05, 0.1) is 39.1 Å². The Hall–Kier alpha value is -2.97. The molecule has 0 amide bonds. The van der Waals surface area contributed by atoms with Crippen molar-refractivity contribution >= 4 is 16.7 Å². The molecule has 5 rings (SSSR count). The van der Waals surface area contributed by atoms with Crippen LogP contribution in [0.2, 0.25) is 0 Å². The van der Waals surface area contributed by atoms with Gasteiger partial charge in [0.1, 0.15) is 5.82 Å². The summed E-state index contributed by atoms with van der Waals surface area (Å²) >= 11 is 0. The Bertz CT molecular complexity index is 1100. The molecular weight excluding hydrogens is 396 g/mol. The summed E-state index contributed by atoms with van der Waals surface area (Å²) in [5.41, 5.74) is 3.81. The van der Waals surface area contributed by atoms with Gasteiger partial charge in [-0.3, -0.25) is 0 Å². The van der Waals surface area contributed by atoms with Gasteiger partial charge in [-0.1, -0.05) is 0 Å². The van der Waals surface area contributed by atoms with Crippen LogP contribution in [0, 0.1) is 6.92 Å². The van der Waals surface area contributed by atoms with Crippen molar-refractivity contribution in [3.63, 3.8) is 0 Å². The number of ether oxygens (including phenoxy) is 4. The van der Waals surface area contributed by atoms with Crippen LogP contribution in [0.3, 0.4) is 0 Å². The van der Waals surface area contributed by atoms with E-state index in [0.29, 0.717) is 24.7 Å². The fraction of sp³-hybridized carbons (Fsp3) is 0.435. The van der Waals surface area contributed by atoms with E-state index in [4.69, 9.17) is 23.9 Å². The van der Waals surface area contributed by atoms with E-state index in [1.54, 1.807) is 20.4 Å². The normalized spacial score (nSPS) is 18.0. The summed E-state index contributed by atoms with van der Waals surface area (Å²) in [6, 6.07) is 5.94. The summed E-state index contributed by atoms with van der Waals surface area (Å²) in [4.78, 5) is 7.13. The second-order valence-corrected chi connectivity index (χ2v) is 7.94. The quantitative estimate of drug-likeness (QED) is 0.633. The van der Waals surface area contributed by atoms with Crippen LogP contribution in [0.15, 0.2) is 30.6 Å². The minimum Gasteiger partial charge on any atom is -0.493 e. The van der Waals surface area contributed by atoms with Gasteiger partial charge in [-0.15, -0.1) is 0 Å². The molecule has 0 radical (unpaired) electrons. The smallest absolute Gasteiger partial charge is 0.171 e. The standard InChI is InChI=1S/C23H26N4O4/c1-15-10-16(13-24-22(15)27-6-4-23(5-7-27)30-8-9-31-23)18-14-25-26-19-12-21(29-3)20(28-2)11-17(18)19/h10-14H,4-9H2,1-3H3. The molecule has 2 aromatic heterocycles. The van der Waals surface area contributed by atoms with E-state index < -0.39 is 0 Å². The van der Waals surface area contributed by atoms with Crippen LogP contribution >= 0.6 is 0 Å². The lowest BCUT2D eigenvalue weighted by molar-refractivity contribution is -0.169. The lowest BCUT2D eigenvalue weighted by atomic mass is 10.0. The van der Waals surface area contributed by atoms with Gasteiger partial charge in [0, 0.05) is 54.7 Å². The molecule has 2 aliphatic rings. The highest BCUT2D eigenvalue weighted by Gasteiger charge is 2.40. The van der Waals surface area contributed by atoms with Crippen LogP contribution in [0.5, 0.6) is 11.5 Å². The van der Waals surface area contributed by atoms with Crippen LogP contribution in [-0.4, -0.2) is 61.5 Å². The summed E-state index contributed by atoms with van der Waals surface area (Å²) < 4.78 is 22.6. The first kappa shape index (κ1) is 20.0. The molecule has 4 heterocycles. The number of nitrogens with zero attached hydrogens (tertiary/aromatic N) is 4. The lowest BCUT2D eigenvalue weighted by Crippen LogP contribution is -2.45. The number of fused-ring (bicyclic) bond motifs is 1. The van der Waals surface area contributed by atoms with E-state index in [0.717, 1.165) is 59.3 Å². The number of aromatic nitrogens is 3. The molecule has 0 atom stereocenters. The molecule has 2 saturated heterocycles. The minimum atomic E-state index is -0.383. The monoisotopic (exact) mass is 422 g/mol. The van der Waals surface area contributed by atoms with Crippen LogP contribution in [0.25, 0.3) is 22.0 Å². The Morgan fingerprint density at radius 2 is 1.68 bits per heavy atom. The molecule has 3 aromatic rings. The third-order valence-electron chi connectivity index (χ3n) is 6.14. The molecule has 8 nitrogen and oxygen atoms in total. The Morgan fingerprint density at radius 3 is 2.35 bits per heavy atom. The Labute approximate surface area is 181 Å². The van der Waals surface area contributed by atoms with Gasteiger partial charge in [0.25, 0.3) is 0 Å². The van der Waals surface area contributed by atoms with Gasteiger partial charge in [-0.25, -0.2) is 4.98 Å². The topological polar surface area (TPSA) is 78.8 Å². The summed E-state index contributed by atoms with van der Waals surface area (Å²) in [6.45, 7) is 5.21. The number of hydrogen-bond acceptors (Lipinski definition) is 8. The van der Waals surface area contributed by atoms with E-state index in [1.807, 2.05) is 18.3 Å². The Morgan fingerprint density at radius 1 is 0.968 bits per heavy atom. The van der Waals surface area contributed by atoms with Crippen molar-refractivity contribution < 1.29 is 18.9 Å². The maximum absolute atomic E-state index is 5.85. The number of anilines is 1. The molecule has 0 unspecified atom stereocenters. The minimum absolute atomic E-state index is 0.383. The first-order valence-corrected chi connectivity index (χ1v) is 10.5. The molecule has 1 aromatic carbocycles. The number of methoxy groups -OCH3 is 2. The number of piperidine rings is 1.